The first kappa shape index (κ1) is 65.1. The zero-order valence-corrected chi connectivity index (χ0v) is 42.9. The van der Waals surface area contributed by atoms with E-state index in [4.69, 9.17) is 20.4 Å². The fraction of sp³-hybridized carbons (Fsp3) is 0.122. The van der Waals surface area contributed by atoms with Crippen LogP contribution < -0.4 is 42.5 Å². The van der Waals surface area contributed by atoms with Crippen molar-refractivity contribution in [2.24, 2.45) is 0 Å². The number of carbonyl (C=O) groups is 8. The highest BCUT2D eigenvalue weighted by molar-refractivity contribution is 6.09. The predicted molar refractivity (Wildman–Crippen MR) is 287 cm³/mol. The average molecular weight is 1110 g/mol. The molecule has 420 valence electrons. The van der Waals surface area contributed by atoms with Crippen LogP contribution >= 0.6 is 0 Å². The Labute approximate surface area is 452 Å². The van der Waals surface area contributed by atoms with E-state index in [1.807, 2.05) is 0 Å². The molecule has 7 aromatic rings. The van der Waals surface area contributed by atoms with Gasteiger partial charge in [0.2, 0.25) is 11.8 Å². The lowest BCUT2D eigenvalue weighted by Gasteiger charge is -2.11. The van der Waals surface area contributed by atoms with E-state index in [9.17, 15) is 53.7 Å². The van der Waals surface area contributed by atoms with E-state index in [-0.39, 0.29) is 86.6 Å². The molecule has 0 aliphatic heterocycles. The van der Waals surface area contributed by atoms with Crippen molar-refractivity contribution in [3.05, 3.63) is 143 Å². The van der Waals surface area contributed by atoms with Gasteiger partial charge in [-0.05, 0) is 48.5 Å². The number of aromatic nitrogens is 7. The van der Waals surface area contributed by atoms with Crippen molar-refractivity contribution in [2.75, 3.05) is 71.0 Å². The lowest BCUT2D eigenvalue weighted by molar-refractivity contribution is -0.115. The van der Waals surface area contributed by atoms with Crippen LogP contribution in [-0.4, -0.2) is 152 Å². The molecule has 0 aromatic carbocycles. The van der Waals surface area contributed by atoms with Gasteiger partial charge in [0.1, 0.15) is 98.0 Å². The minimum atomic E-state index is -0.940. The number of nitrogens with zero attached hydrogens (tertiary/aromatic N) is 7. The summed E-state index contributed by atoms with van der Waals surface area (Å²) in [5.74, 6) is -7.64. The number of rotatable bonds is 14. The summed E-state index contributed by atoms with van der Waals surface area (Å²) in [6.45, 7) is 2.57. The lowest BCUT2D eigenvalue weighted by atomic mass is 10.2. The van der Waals surface area contributed by atoms with Crippen LogP contribution in [0.2, 0.25) is 0 Å². The van der Waals surface area contributed by atoms with Crippen LogP contribution in [0.1, 0.15) is 76.8 Å². The highest BCUT2D eigenvalue weighted by Gasteiger charge is 2.21. The van der Waals surface area contributed by atoms with Crippen molar-refractivity contribution in [3.8, 4) is 17.2 Å². The Balaban J connectivity index is 0.00000232. The van der Waals surface area contributed by atoms with Crippen LogP contribution in [0.3, 0.4) is 0 Å². The van der Waals surface area contributed by atoms with Crippen molar-refractivity contribution in [2.45, 2.75) is 13.8 Å². The fourth-order valence-corrected chi connectivity index (χ4v) is 5.98. The van der Waals surface area contributed by atoms with Crippen LogP contribution in [0, 0.1) is 0 Å². The van der Waals surface area contributed by atoms with Crippen LogP contribution in [0.4, 0.5) is 46.5 Å². The van der Waals surface area contributed by atoms with Crippen molar-refractivity contribution < 1.29 is 79.6 Å². The number of amides is 8. The molecule has 0 aliphatic rings. The molecule has 31 nitrogen and oxygen atoms in total. The molecular weight excluding hydrogens is 1050 g/mol. The molecule has 17 N–H and O–H groups in total. The molecule has 7 rings (SSSR count). The van der Waals surface area contributed by atoms with Gasteiger partial charge in [0.15, 0.2) is 0 Å². The number of hydrogen-bond acceptors (Lipinski definition) is 22. The Kier molecular flexibility index (Phi) is 26.4. The molecule has 8 amide bonds. The van der Waals surface area contributed by atoms with E-state index in [2.05, 4.69) is 77.4 Å². The van der Waals surface area contributed by atoms with Crippen molar-refractivity contribution in [3.63, 3.8) is 0 Å². The molecule has 7 heterocycles. The molecule has 0 aliphatic carbocycles. The first-order chi connectivity index (χ1) is 37.9. The minimum Gasteiger partial charge on any atom is -0.508 e. The van der Waals surface area contributed by atoms with Gasteiger partial charge in [0.25, 0.3) is 35.4 Å². The third kappa shape index (κ3) is 19.9. The van der Waals surface area contributed by atoms with Crippen LogP contribution in [0.5, 0.6) is 17.2 Å². The van der Waals surface area contributed by atoms with Gasteiger partial charge in [0, 0.05) is 78.7 Å². The maximum atomic E-state index is 13.3. The van der Waals surface area contributed by atoms with E-state index in [0.717, 1.165) is 64.8 Å². The van der Waals surface area contributed by atoms with E-state index >= 15 is 0 Å². The van der Waals surface area contributed by atoms with Gasteiger partial charge in [-0.25, -0.2) is 34.9 Å². The maximum absolute atomic E-state index is 13.3. The van der Waals surface area contributed by atoms with Crippen LogP contribution in [0.25, 0.3) is 0 Å². The molecule has 0 fully saturated rings. The zero-order chi connectivity index (χ0) is 58.8. The topological polar surface area (TPSA) is 496 Å². The first-order valence-electron chi connectivity index (χ1n) is 22.2. The smallest absolute Gasteiger partial charge is 0.275 e. The van der Waals surface area contributed by atoms with E-state index in [0.29, 0.717) is 0 Å². The number of aromatic hydroxyl groups is 3. The Morgan fingerprint density at radius 1 is 0.287 bits per heavy atom. The summed E-state index contributed by atoms with van der Waals surface area (Å²) in [4.78, 5) is 130. The number of carbonyl (C=O) groups excluding carboxylic acids is 8. The van der Waals surface area contributed by atoms with Gasteiger partial charge in [-0.1, -0.05) is 24.3 Å². The second-order valence-electron chi connectivity index (χ2n) is 14.5. The quantitative estimate of drug-likeness (QED) is 0.0735. The summed E-state index contributed by atoms with van der Waals surface area (Å²) in [6.07, 6.45) is 0. The fourth-order valence-electron chi connectivity index (χ4n) is 5.98. The third-order valence-electron chi connectivity index (χ3n) is 8.88. The van der Waals surface area contributed by atoms with Crippen LogP contribution in [0.15, 0.2) is 109 Å². The van der Waals surface area contributed by atoms with Gasteiger partial charge < -0.3 is 83.8 Å². The van der Waals surface area contributed by atoms with Gasteiger partial charge >= 0.3 is 0 Å². The summed E-state index contributed by atoms with van der Waals surface area (Å²) in [5.41, 5.74) is -2.37. The number of aliphatic hydroxyl groups excluding tert-OH is 4. The second-order valence-corrected chi connectivity index (χ2v) is 14.5. The molecule has 0 saturated carbocycles. The summed E-state index contributed by atoms with van der Waals surface area (Å²) in [6, 6.07) is 23.2. The Morgan fingerprint density at radius 2 is 0.438 bits per heavy atom. The van der Waals surface area contributed by atoms with E-state index in [1.165, 1.54) is 86.6 Å². The molecular formula is C49H53N15O16. The molecule has 0 atom stereocenters. The maximum Gasteiger partial charge on any atom is 0.275 e. The molecule has 31 heteroatoms. The highest BCUT2D eigenvalue weighted by atomic mass is 16.3. The lowest BCUT2D eigenvalue weighted by Crippen LogP contribution is -2.21. The summed E-state index contributed by atoms with van der Waals surface area (Å²) >= 11 is 0. The monoisotopic (exact) mass is 1110 g/mol. The summed E-state index contributed by atoms with van der Waals surface area (Å²) in [5, 5.41) is 78.7. The number of nitrogens with one attached hydrogen (secondary N) is 8. The van der Waals surface area contributed by atoms with E-state index in [1.54, 1.807) is 0 Å². The SMILES string of the molecule is CC(=O)Nc1cccc(NC(=O)c2cc(O)cc(C(=O)Nc3cccc(NC(=O)c4cc(O)cc(C(=O)Nc5cccc(NC(=O)c6cc(O)cc(C(=O)Nc7cccc(NC(C)=O)n7)n6)n5)n4)n3)n2)n1.CO.CO.CO.CO.O. The molecule has 0 unspecified atom stereocenters. The van der Waals surface area contributed by atoms with Gasteiger partial charge in [-0.15, -0.1) is 0 Å². The Hall–Kier alpha value is -11.0. The van der Waals surface area contributed by atoms with Gasteiger partial charge in [-0.3, -0.25) is 38.4 Å². The van der Waals surface area contributed by atoms with Gasteiger partial charge in [-0.2, -0.15) is 0 Å². The molecule has 0 bridgehead atoms. The van der Waals surface area contributed by atoms with Crippen molar-refractivity contribution in [1.29, 1.82) is 0 Å². The number of hydrogen-bond donors (Lipinski definition) is 15. The average Bonchev–Trinajstić information content (AvgIpc) is 3.42. The highest BCUT2D eigenvalue weighted by Crippen LogP contribution is 2.21. The first-order valence-corrected chi connectivity index (χ1v) is 22.2. The Bertz CT molecular complexity index is 3120. The third-order valence-corrected chi connectivity index (χ3v) is 8.88. The zero-order valence-electron chi connectivity index (χ0n) is 42.9. The Morgan fingerprint density at radius 3 is 0.588 bits per heavy atom. The van der Waals surface area contributed by atoms with Crippen LogP contribution in [-0.2, 0) is 9.59 Å². The number of aliphatic hydroxyl groups is 4. The second kappa shape index (κ2) is 32.5. The summed E-state index contributed by atoms with van der Waals surface area (Å²) < 4.78 is 0. The normalized spacial score (nSPS) is 9.57. The van der Waals surface area contributed by atoms with Crippen molar-refractivity contribution >= 4 is 93.8 Å². The molecule has 0 saturated heterocycles. The molecule has 0 radical (unpaired) electrons. The largest absolute Gasteiger partial charge is 0.508 e. The molecule has 7 aromatic heterocycles. The van der Waals surface area contributed by atoms with E-state index < -0.39 is 64.1 Å². The van der Waals surface area contributed by atoms with Crippen molar-refractivity contribution in [1.82, 2.24) is 34.9 Å². The molecule has 0 spiro atoms. The number of anilines is 8. The predicted octanol–water partition coefficient (Wildman–Crippen LogP) is 1.61. The van der Waals surface area contributed by atoms with Gasteiger partial charge in [0.05, 0.1) is 0 Å². The molecule has 80 heavy (non-hydrogen) atoms. The minimum absolute atomic E-state index is 0. The summed E-state index contributed by atoms with van der Waals surface area (Å²) in [7, 11) is 4.00. The number of pyridine rings is 7. The standard InChI is InChI=1S/C45H35N15O11.4CH4O.H2O/c1-21(61)46-32-7-3-9-34(51-32)55-40(66)26-15-23(63)17-28(48-26)42(68)57-36-11-5-13-38(53-36)59-44(70)30-19-25(65)20-31(50-30)45(71)60-39-14-6-12-37(54-39)58-43(69)29-18-24(64)16-27(49-29)41(67)56-35-10-4-8-33(52-35)47-22(2)62;4*1-2;/h3-20H,1-2H3,(H,48,63)(H,49,64)(H,50,65)(H2,46,51,55,61,66)(H2,47,52,56,62,67)(H2,53,57,59,68,70)(H2,54,58,60,69,71);4*2H,1H3;1H2.